The van der Waals surface area contributed by atoms with Gasteiger partial charge >= 0.3 is 5.97 Å². The van der Waals surface area contributed by atoms with Crippen LogP contribution in [0.25, 0.3) is 5.65 Å². The highest BCUT2D eigenvalue weighted by Gasteiger charge is 2.13. The number of aromatic nitrogens is 2. The molecule has 0 fully saturated rings. The highest BCUT2D eigenvalue weighted by atomic mass is 127. The fourth-order valence-electron chi connectivity index (χ4n) is 1.33. The number of pyridine rings is 1. The van der Waals surface area contributed by atoms with Gasteiger partial charge in [0.25, 0.3) is 0 Å². The maximum atomic E-state index is 11.6. The van der Waals surface area contributed by atoms with Crippen LogP contribution in [0.2, 0.25) is 0 Å². The van der Waals surface area contributed by atoms with Crippen molar-refractivity contribution in [3.05, 3.63) is 33.8 Å². The summed E-state index contributed by atoms with van der Waals surface area (Å²) in [4.78, 5) is 15.8. The van der Waals surface area contributed by atoms with Gasteiger partial charge in [-0.15, -0.1) is 0 Å². The number of hydrogen-bond acceptors (Lipinski definition) is 3. The summed E-state index contributed by atoms with van der Waals surface area (Å²) in [5, 5.41) is 0. The van der Waals surface area contributed by atoms with Crippen molar-refractivity contribution in [3.8, 4) is 0 Å². The molecule has 0 aliphatic carbocycles. The molecule has 0 radical (unpaired) electrons. The normalized spacial score (nSPS) is 11.0. The predicted octanol–water partition coefficient (Wildman–Crippen LogP) is 2.50. The third-order valence-corrected chi connectivity index (χ3v) is 2.65. The van der Waals surface area contributed by atoms with Gasteiger partial charge in [0.1, 0.15) is 5.65 Å². The zero-order chi connectivity index (χ0) is 11.7. The van der Waals surface area contributed by atoms with Crippen LogP contribution in [-0.4, -0.2) is 21.5 Å². The average molecular weight is 330 g/mol. The van der Waals surface area contributed by atoms with Gasteiger partial charge < -0.3 is 9.14 Å². The molecule has 0 spiro atoms. The van der Waals surface area contributed by atoms with E-state index in [0.29, 0.717) is 5.69 Å². The van der Waals surface area contributed by atoms with Crippen molar-refractivity contribution in [1.29, 1.82) is 0 Å². The van der Waals surface area contributed by atoms with Crippen LogP contribution in [0.3, 0.4) is 0 Å². The van der Waals surface area contributed by atoms with Crippen LogP contribution in [0, 0.1) is 3.57 Å². The second-order valence-corrected chi connectivity index (χ2v) is 4.94. The van der Waals surface area contributed by atoms with E-state index >= 15 is 0 Å². The molecule has 84 valence electrons. The van der Waals surface area contributed by atoms with Crippen LogP contribution in [0.15, 0.2) is 24.5 Å². The van der Waals surface area contributed by atoms with Crippen molar-refractivity contribution in [2.75, 3.05) is 0 Å². The van der Waals surface area contributed by atoms with Gasteiger partial charge in [-0.05, 0) is 48.6 Å². The monoisotopic (exact) mass is 330 g/mol. The van der Waals surface area contributed by atoms with Crippen LogP contribution in [0.4, 0.5) is 0 Å². The molecule has 0 aliphatic rings. The van der Waals surface area contributed by atoms with Crippen LogP contribution < -0.4 is 0 Å². The lowest BCUT2D eigenvalue weighted by Crippen LogP contribution is -2.11. The smallest absolute Gasteiger partial charge is 0.358 e. The van der Waals surface area contributed by atoms with E-state index in [1.807, 2.05) is 32.2 Å². The van der Waals surface area contributed by atoms with Gasteiger partial charge in [0.2, 0.25) is 0 Å². The van der Waals surface area contributed by atoms with Crippen molar-refractivity contribution in [2.24, 2.45) is 0 Å². The molecule has 2 heterocycles. The fraction of sp³-hybridized carbons (Fsp3) is 0.273. The summed E-state index contributed by atoms with van der Waals surface area (Å²) < 4.78 is 7.97. The Labute approximate surface area is 107 Å². The van der Waals surface area contributed by atoms with E-state index in [0.717, 1.165) is 9.22 Å². The highest BCUT2D eigenvalue weighted by Crippen LogP contribution is 2.11. The van der Waals surface area contributed by atoms with Crippen molar-refractivity contribution < 1.29 is 9.53 Å². The molecular weight excluding hydrogens is 319 g/mol. The van der Waals surface area contributed by atoms with Gasteiger partial charge in [-0.1, -0.05) is 0 Å². The number of hydrogen-bond donors (Lipinski definition) is 0. The average Bonchev–Trinajstić information content (AvgIpc) is 2.59. The Bertz CT molecular complexity index is 534. The van der Waals surface area contributed by atoms with E-state index in [4.69, 9.17) is 4.74 Å². The molecule has 0 saturated heterocycles. The lowest BCUT2D eigenvalue weighted by molar-refractivity contribution is 0.0371. The Morgan fingerprint density at radius 1 is 1.56 bits per heavy atom. The Morgan fingerprint density at radius 2 is 2.31 bits per heavy atom. The third-order valence-electron chi connectivity index (χ3n) is 1.97. The summed E-state index contributed by atoms with van der Waals surface area (Å²) in [5.74, 6) is -0.381. The molecule has 0 unspecified atom stereocenters. The first-order chi connectivity index (χ1) is 7.56. The SMILES string of the molecule is CC(C)OC(=O)c1cn2ccc(I)cc2n1. The number of halogens is 1. The zero-order valence-electron chi connectivity index (χ0n) is 8.98. The lowest BCUT2D eigenvalue weighted by atomic mass is 10.4. The third kappa shape index (κ3) is 2.34. The molecule has 0 bridgehead atoms. The van der Waals surface area contributed by atoms with E-state index in [9.17, 15) is 4.79 Å². The van der Waals surface area contributed by atoms with Gasteiger partial charge in [-0.3, -0.25) is 0 Å². The quantitative estimate of drug-likeness (QED) is 0.628. The first-order valence-corrected chi connectivity index (χ1v) is 5.99. The zero-order valence-corrected chi connectivity index (χ0v) is 11.1. The second-order valence-electron chi connectivity index (χ2n) is 3.69. The van der Waals surface area contributed by atoms with Gasteiger partial charge in [-0.2, -0.15) is 0 Å². The summed E-state index contributed by atoms with van der Waals surface area (Å²) in [6.45, 7) is 3.63. The molecule has 2 aromatic heterocycles. The van der Waals surface area contributed by atoms with Crippen molar-refractivity contribution in [3.63, 3.8) is 0 Å². The van der Waals surface area contributed by atoms with Crippen LogP contribution in [-0.2, 0) is 4.74 Å². The first-order valence-electron chi connectivity index (χ1n) is 4.91. The Balaban J connectivity index is 2.36. The van der Waals surface area contributed by atoms with E-state index in [2.05, 4.69) is 27.6 Å². The number of esters is 1. The molecule has 2 rings (SSSR count). The first kappa shape index (κ1) is 11.4. The molecule has 5 heteroatoms. The Hall–Kier alpha value is -1.11. The maximum Gasteiger partial charge on any atom is 0.358 e. The molecule has 2 aromatic rings. The Kier molecular flexibility index (Phi) is 3.13. The summed E-state index contributed by atoms with van der Waals surface area (Å²) in [6, 6.07) is 3.86. The molecule has 4 nitrogen and oxygen atoms in total. The van der Waals surface area contributed by atoms with E-state index in [1.54, 1.807) is 10.6 Å². The van der Waals surface area contributed by atoms with Crippen LogP contribution in [0.5, 0.6) is 0 Å². The summed E-state index contributed by atoms with van der Waals surface area (Å²) in [7, 11) is 0. The molecule has 0 aliphatic heterocycles. The molecule has 0 aromatic carbocycles. The number of imidazole rings is 1. The number of carbonyl (C=O) groups is 1. The van der Waals surface area contributed by atoms with Gasteiger partial charge in [0, 0.05) is 16.0 Å². The minimum absolute atomic E-state index is 0.127. The summed E-state index contributed by atoms with van der Waals surface area (Å²) >= 11 is 2.20. The number of carbonyl (C=O) groups excluding carboxylic acids is 1. The molecule has 0 saturated carbocycles. The van der Waals surface area contributed by atoms with E-state index < -0.39 is 0 Å². The summed E-state index contributed by atoms with van der Waals surface area (Å²) in [6.07, 6.45) is 3.42. The largest absolute Gasteiger partial charge is 0.458 e. The van der Waals surface area contributed by atoms with E-state index in [1.165, 1.54) is 0 Å². The molecule has 0 atom stereocenters. The Morgan fingerprint density at radius 3 is 3.00 bits per heavy atom. The van der Waals surface area contributed by atoms with Gasteiger partial charge in [0.15, 0.2) is 5.69 Å². The van der Waals surface area contributed by atoms with Crippen LogP contribution in [0.1, 0.15) is 24.3 Å². The summed E-state index contributed by atoms with van der Waals surface area (Å²) in [5.41, 5.74) is 1.10. The van der Waals surface area contributed by atoms with Crippen molar-refractivity contribution in [1.82, 2.24) is 9.38 Å². The predicted molar refractivity (Wildman–Crippen MR) is 68.5 cm³/mol. The van der Waals surface area contributed by atoms with Gasteiger partial charge in [0.05, 0.1) is 6.10 Å². The number of rotatable bonds is 2. The van der Waals surface area contributed by atoms with Crippen molar-refractivity contribution in [2.45, 2.75) is 20.0 Å². The van der Waals surface area contributed by atoms with Gasteiger partial charge in [-0.25, -0.2) is 9.78 Å². The minimum Gasteiger partial charge on any atom is -0.458 e. The van der Waals surface area contributed by atoms with Crippen molar-refractivity contribution >= 4 is 34.2 Å². The lowest BCUT2D eigenvalue weighted by Gasteiger charge is -2.04. The highest BCUT2D eigenvalue weighted by molar-refractivity contribution is 14.1. The van der Waals surface area contributed by atoms with Crippen LogP contribution >= 0.6 is 22.6 Å². The fourth-order valence-corrected chi connectivity index (χ4v) is 1.77. The standard InChI is InChI=1S/C11H11IN2O2/c1-7(2)16-11(15)9-6-14-4-3-8(12)5-10(14)13-9/h3-7H,1-2H3. The van der Waals surface area contributed by atoms with E-state index in [-0.39, 0.29) is 12.1 Å². The second kappa shape index (κ2) is 4.40. The number of ether oxygens (including phenoxy) is 1. The molecule has 16 heavy (non-hydrogen) atoms. The number of fused-ring (bicyclic) bond motifs is 1. The molecule has 0 amide bonds. The minimum atomic E-state index is -0.381. The topological polar surface area (TPSA) is 43.6 Å². The maximum absolute atomic E-state index is 11.6. The molecular formula is C11H11IN2O2. The molecule has 0 N–H and O–H groups in total. The number of nitrogens with zero attached hydrogens (tertiary/aromatic N) is 2.